The highest BCUT2D eigenvalue weighted by Crippen LogP contribution is 2.33. The number of esters is 1. The molecule has 23 heavy (non-hydrogen) atoms. The quantitative estimate of drug-likeness (QED) is 0.724. The van der Waals surface area contributed by atoms with E-state index in [1.807, 2.05) is 0 Å². The zero-order valence-electron chi connectivity index (χ0n) is 12.2. The van der Waals surface area contributed by atoms with Crippen molar-refractivity contribution in [1.82, 2.24) is 9.55 Å². The number of hydrogen-bond acceptors (Lipinski definition) is 7. The number of imidazole rings is 1. The summed E-state index contributed by atoms with van der Waals surface area (Å²) in [6.45, 7) is 0. The van der Waals surface area contributed by atoms with Gasteiger partial charge in [0, 0.05) is 12.3 Å². The number of sulfone groups is 1. The maximum Gasteiger partial charge on any atom is 0.351 e. The van der Waals surface area contributed by atoms with Gasteiger partial charge in [-0.3, -0.25) is 4.57 Å². The van der Waals surface area contributed by atoms with Crippen LogP contribution in [-0.2, 0) is 14.6 Å². The average Bonchev–Trinajstić information content (AvgIpc) is 3.08. The summed E-state index contributed by atoms with van der Waals surface area (Å²) in [6, 6.07) is 6.01. The lowest BCUT2D eigenvalue weighted by molar-refractivity contribution is 0.0603. The molecule has 120 valence electrons. The molecule has 0 aliphatic carbocycles. The third-order valence-electron chi connectivity index (χ3n) is 3.25. The van der Waals surface area contributed by atoms with Gasteiger partial charge in [-0.1, -0.05) is 0 Å². The standard InChI is InChI=1S/C14H12N2O5S2/c1-21-14(18)13-11(17)6-12(22-13)16-7-15-9-4-3-8(5-10(9)16)23(2,19)20/h3-7,17H,1-2H3. The third kappa shape index (κ3) is 2.68. The lowest BCUT2D eigenvalue weighted by Gasteiger charge is -2.02. The smallest absolute Gasteiger partial charge is 0.351 e. The van der Waals surface area contributed by atoms with E-state index < -0.39 is 15.8 Å². The topological polar surface area (TPSA) is 98.5 Å². The lowest BCUT2D eigenvalue weighted by atomic mass is 10.3. The number of nitrogens with zero attached hydrogens (tertiary/aromatic N) is 2. The van der Waals surface area contributed by atoms with Crippen molar-refractivity contribution in [3.63, 3.8) is 0 Å². The van der Waals surface area contributed by atoms with Crippen LogP contribution in [0.25, 0.3) is 16.0 Å². The first-order valence-electron chi connectivity index (χ1n) is 6.40. The molecule has 0 atom stereocenters. The molecule has 2 aromatic heterocycles. The zero-order chi connectivity index (χ0) is 16.8. The molecule has 0 amide bonds. The van der Waals surface area contributed by atoms with Crippen LogP contribution in [0, 0.1) is 0 Å². The molecular formula is C14H12N2O5S2. The first kappa shape index (κ1) is 15.5. The van der Waals surface area contributed by atoms with Crippen LogP contribution in [0.15, 0.2) is 35.5 Å². The summed E-state index contributed by atoms with van der Waals surface area (Å²) in [6.07, 6.45) is 2.63. The molecule has 0 radical (unpaired) electrons. The minimum Gasteiger partial charge on any atom is -0.506 e. The number of aromatic hydroxyl groups is 1. The summed E-state index contributed by atoms with van der Waals surface area (Å²) in [5, 5.41) is 10.4. The maximum atomic E-state index is 11.7. The number of carbonyl (C=O) groups is 1. The Morgan fingerprint density at radius 3 is 2.74 bits per heavy atom. The van der Waals surface area contributed by atoms with Crippen molar-refractivity contribution in [3.05, 3.63) is 35.5 Å². The Kier molecular flexibility index (Phi) is 3.61. The highest BCUT2D eigenvalue weighted by Gasteiger charge is 2.19. The van der Waals surface area contributed by atoms with Gasteiger partial charge in [0.05, 0.1) is 23.0 Å². The fraction of sp³-hybridized carbons (Fsp3) is 0.143. The number of ether oxygens (including phenoxy) is 1. The molecule has 0 aliphatic rings. The number of thiophene rings is 1. The molecule has 9 heteroatoms. The second-order valence-corrected chi connectivity index (χ2v) is 7.87. The fourth-order valence-electron chi connectivity index (χ4n) is 2.12. The van der Waals surface area contributed by atoms with E-state index >= 15 is 0 Å². The fourth-order valence-corrected chi connectivity index (χ4v) is 3.71. The largest absolute Gasteiger partial charge is 0.506 e. The second-order valence-electron chi connectivity index (χ2n) is 4.83. The average molecular weight is 352 g/mol. The Morgan fingerprint density at radius 1 is 1.35 bits per heavy atom. The van der Waals surface area contributed by atoms with Gasteiger partial charge in [0.2, 0.25) is 0 Å². The molecule has 0 fully saturated rings. The molecule has 3 aromatic rings. The highest BCUT2D eigenvalue weighted by molar-refractivity contribution is 7.90. The summed E-state index contributed by atoms with van der Waals surface area (Å²) < 4.78 is 29.6. The number of fused-ring (bicyclic) bond motifs is 1. The van der Waals surface area contributed by atoms with Crippen molar-refractivity contribution in [1.29, 1.82) is 0 Å². The second kappa shape index (κ2) is 5.36. The van der Waals surface area contributed by atoms with Crippen molar-refractivity contribution >= 4 is 38.2 Å². The molecular weight excluding hydrogens is 340 g/mol. The van der Waals surface area contributed by atoms with Crippen LogP contribution in [0.5, 0.6) is 5.75 Å². The minimum absolute atomic E-state index is 0.0728. The summed E-state index contributed by atoms with van der Waals surface area (Å²) >= 11 is 1.03. The monoisotopic (exact) mass is 352 g/mol. The van der Waals surface area contributed by atoms with E-state index in [0.717, 1.165) is 17.6 Å². The lowest BCUT2D eigenvalue weighted by Crippen LogP contribution is -1.98. The third-order valence-corrected chi connectivity index (χ3v) is 5.47. The van der Waals surface area contributed by atoms with E-state index in [0.29, 0.717) is 16.0 Å². The number of methoxy groups -OCH3 is 1. The molecule has 7 nitrogen and oxygen atoms in total. The van der Waals surface area contributed by atoms with Crippen molar-refractivity contribution in [2.75, 3.05) is 13.4 Å². The summed E-state index contributed by atoms with van der Waals surface area (Å²) in [5.74, 6) is -0.835. The van der Waals surface area contributed by atoms with Gasteiger partial charge in [0.15, 0.2) is 14.7 Å². The van der Waals surface area contributed by atoms with Crippen LogP contribution < -0.4 is 0 Å². The normalized spacial score (nSPS) is 11.7. The Labute approximate surface area is 135 Å². The Morgan fingerprint density at radius 2 is 2.09 bits per heavy atom. The molecule has 1 N–H and O–H groups in total. The minimum atomic E-state index is -3.35. The van der Waals surface area contributed by atoms with Crippen LogP contribution in [-0.4, -0.2) is 42.4 Å². The number of carbonyl (C=O) groups excluding carboxylic acids is 1. The Hall–Kier alpha value is -2.39. The van der Waals surface area contributed by atoms with Crippen molar-refractivity contribution in [2.45, 2.75) is 4.90 Å². The molecule has 0 bridgehead atoms. The Balaban J connectivity index is 2.19. The number of hydrogen-bond donors (Lipinski definition) is 1. The van der Waals surface area contributed by atoms with Gasteiger partial charge in [0.25, 0.3) is 0 Å². The molecule has 0 unspecified atom stereocenters. The molecule has 2 heterocycles. The van der Waals surface area contributed by atoms with E-state index in [4.69, 9.17) is 0 Å². The van der Waals surface area contributed by atoms with Gasteiger partial charge in [-0.05, 0) is 18.2 Å². The van der Waals surface area contributed by atoms with Gasteiger partial charge in [0.1, 0.15) is 17.1 Å². The van der Waals surface area contributed by atoms with E-state index in [2.05, 4.69) is 9.72 Å². The van der Waals surface area contributed by atoms with Gasteiger partial charge in [-0.2, -0.15) is 0 Å². The molecule has 0 saturated heterocycles. The summed E-state index contributed by atoms with van der Waals surface area (Å²) in [5.41, 5.74) is 1.16. The molecule has 0 saturated carbocycles. The summed E-state index contributed by atoms with van der Waals surface area (Å²) in [7, 11) is -2.12. The van der Waals surface area contributed by atoms with Gasteiger partial charge in [-0.15, -0.1) is 11.3 Å². The zero-order valence-corrected chi connectivity index (χ0v) is 13.8. The van der Waals surface area contributed by atoms with Crippen LogP contribution in [0.4, 0.5) is 0 Å². The van der Waals surface area contributed by atoms with Crippen molar-refractivity contribution < 1.29 is 23.1 Å². The Bertz CT molecular complexity index is 1020. The van der Waals surface area contributed by atoms with E-state index in [-0.39, 0.29) is 15.5 Å². The summed E-state index contributed by atoms with van der Waals surface area (Å²) in [4.78, 5) is 16.0. The highest BCUT2D eigenvalue weighted by atomic mass is 32.2. The van der Waals surface area contributed by atoms with E-state index in [1.165, 1.54) is 31.6 Å². The van der Waals surface area contributed by atoms with Crippen LogP contribution in [0.2, 0.25) is 0 Å². The number of benzene rings is 1. The van der Waals surface area contributed by atoms with Crippen LogP contribution in [0.3, 0.4) is 0 Å². The first-order valence-corrected chi connectivity index (χ1v) is 9.10. The predicted octanol–water partition coefficient (Wildman–Crippen LogP) is 1.98. The van der Waals surface area contributed by atoms with Crippen LogP contribution >= 0.6 is 11.3 Å². The van der Waals surface area contributed by atoms with Gasteiger partial charge < -0.3 is 9.84 Å². The van der Waals surface area contributed by atoms with Crippen molar-refractivity contribution in [3.8, 4) is 10.8 Å². The molecule has 0 spiro atoms. The van der Waals surface area contributed by atoms with E-state index in [1.54, 1.807) is 10.6 Å². The van der Waals surface area contributed by atoms with Crippen LogP contribution in [0.1, 0.15) is 9.67 Å². The number of aromatic nitrogens is 2. The van der Waals surface area contributed by atoms with Gasteiger partial charge >= 0.3 is 5.97 Å². The number of rotatable bonds is 3. The molecule has 3 rings (SSSR count). The molecule has 1 aromatic carbocycles. The van der Waals surface area contributed by atoms with Crippen molar-refractivity contribution in [2.24, 2.45) is 0 Å². The van der Waals surface area contributed by atoms with Gasteiger partial charge in [-0.25, -0.2) is 18.2 Å². The maximum absolute atomic E-state index is 11.7. The first-order chi connectivity index (χ1) is 10.8. The SMILES string of the molecule is COC(=O)c1sc(-n2cnc3ccc(S(C)(=O)=O)cc32)cc1O. The predicted molar refractivity (Wildman–Crippen MR) is 85.1 cm³/mol. The van der Waals surface area contributed by atoms with E-state index in [9.17, 15) is 18.3 Å². The molecule has 0 aliphatic heterocycles.